The van der Waals surface area contributed by atoms with Gasteiger partial charge in [0.05, 0.1) is 24.5 Å². The molecule has 2 heterocycles. The number of fused-ring (bicyclic) bond motifs is 1. The highest BCUT2D eigenvalue weighted by Gasteiger charge is 2.15. The number of ether oxygens (including phenoxy) is 1. The van der Waals surface area contributed by atoms with Crippen LogP contribution in [0.4, 0.5) is 0 Å². The first-order valence-electron chi connectivity index (χ1n) is 6.15. The maximum absolute atomic E-state index is 11.9. The van der Waals surface area contributed by atoms with E-state index in [-0.39, 0.29) is 5.56 Å². The molecule has 19 heavy (non-hydrogen) atoms. The van der Waals surface area contributed by atoms with Gasteiger partial charge in [-0.2, -0.15) is 0 Å². The Hall–Kier alpha value is -1.65. The van der Waals surface area contributed by atoms with Crippen LogP contribution in [-0.2, 0) is 24.2 Å². The molecule has 5 heteroatoms. The topological polar surface area (TPSA) is 55.0 Å². The van der Waals surface area contributed by atoms with Gasteiger partial charge in [-0.3, -0.25) is 4.79 Å². The molecular weight excluding hydrogens is 264 g/mol. The minimum absolute atomic E-state index is 0.0892. The molecule has 0 spiro atoms. The van der Waals surface area contributed by atoms with E-state index in [4.69, 9.17) is 16.3 Å². The number of nitrogens with one attached hydrogen (secondary N) is 1. The van der Waals surface area contributed by atoms with Crippen LogP contribution in [0, 0.1) is 0 Å². The predicted molar refractivity (Wildman–Crippen MR) is 72.5 cm³/mol. The van der Waals surface area contributed by atoms with Gasteiger partial charge in [0.25, 0.3) is 5.56 Å². The van der Waals surface area contributed by atoms with Crippen LogP contribution in [0.15, 0.2) is 29.1 Å². The van der Waals surface area contributed by atoms with Crippen LogP contribution in [0.1, 0.15) is 22.6 Å². The third-order valence-corrected chi connectivity index (χ3v) is 3.42. The molecule has 1 aliphatic rings. The van der Waals surface area contributed by atoms with Crippen molar-refractivity contribution >= 4 is 11.6 Å². The van der Waals surface area contributed by atoms with Gasteiger partial charge in [-0.25, -0.2) is 4.98 Å². The van der Waals surface area contributed by atoms with Crippen LogP contribution in [0.25, 0.3) is 0 Å². The van der Waals surface area contributed by atoms with Gasteiger partial charge < -0.3 is 9.72 Å². The normalized spacial score (nSPS) is 14.2. The molecule has 2 aromatic rings. The standard InChI is InChI=1S/C14H13ClN2O2/c15-10-3-1-9(2-4-10)7-13-16-12-5-6-19-8-11(12)14(18)17-13/h1-4H,5-8H2,(H,16,17,18). The van der Waals surface area contributed by atoms with Crippen molar-refractivity contribution < 1.29 is 4.74 Å². The summed E-state index contributed by atoms with van der Waals surface area (Å²) >= 11 is 5.85. The van der Waals surface area contributed by atoms with Gasteiger partial charge in [-0.1, -0.05) is 23.7 Å². The average molecular weight is 277 g/mol. The van der Waals surface area contributed by atoms with E-state index in [1.807, 2.05) is 24.3 Å². The molecule has 0 amide bonds. The number of hydrogen-bond donors (Lipinski definition) is 1. The smallest absolute Gasteiger partial charge is 0.256 e. The van der Waals surface area contributed by atoms with E-state index in [0.29, 0.717) is 42.5 Å². The van der Waals surface area contributed by atoms with Crippen LogP contribution in [0.3, 0.4) is 0 Å². The summed E-state index contributed by atoms with van der Waals surface area (Å²) in [4.78, 5) is 19.3. The number of aromatic nitrogens is 2. The molecule has 3 rings (SSSR count). The van der Waals surface area contributed by atoms with Crippen LogP contribution >= 0.6 is 11.6 Å². The van der Waals surface area contributed by atoms with E-state index in [2.05, 4.69) is 9.97 Å². The Morgan fingerprint density at radius 3 is 2.89 bits per heavy atom. The van der Waals surface area contributed by atoms with Gasteiger partial charge in [0.15, 0.2) is 0 Å². The van der Waals surface area contributed by atoms with Crippen molar-refractivity contribution in [3.05, 3.63) is 62.3 Å². The zero-order chi connectivity index (χ0) is 13.2. The first kappa shape index (κ1) is 12.4. The van der Waals surface area contributed by atoms with Gasteiger partial charge in [-0.15, -0.1) is 0 Å². The van der Waals surface area contributed by atoms with Gasteiger partial charge in [0.2, 0.25) is 0 Å². The Bertz CT molecular complexity index is 649. The summed E-state index contributed by atoms with van der Waals surface area (Å²) in [7, 11) is 0. The summed E-state index contributed by atoms with van der Waals surface area (Å²) in [5, 5.41) is 0.702. The molecule has 98 valence electrons. The van der Waals surface area contributed by atoms with Gasteiger partial charge >= 0.3 is 0 Å². The third-order valence-electron chi connectivity index (χ3n) is 3.16. The van der Waals surface area contributed by atoms with Crippen molar-refractivity contribution in [2.24, 2.45) is 0 Å². The first-order valence-corrected chi connectivity index (χ1v) is 6.53. The summed E-state index contributed by atoms with van der Waals surface area (Å²) in [5.41, 5.74) is 2.50. The van der Waals surface area contributed by atoms with Crippen LogP contribution in [-0.4, -0.2) is 16.6 Å². The molecule has 0 atom stereocenters. The fraction of sp³-hybridized carbons (Fsp3) is 0.286. The van der Waals surface area contributed by atoms with Crippen LogP contribution < -0.4 is 5.56 Å². The molecule has 4 nitrogen and oxygen atoms in total. The van der Waals surface area contributed by atoms with E-state index in [1.54, 1.807) is 0 Å². The summed E-state index contributed by atoms with van der Waals surface area (Å²) in [6, 6.07) is 7.54. The average Bonchev–Trinajstić information content (AvgIpc) is 2.42. The first-order chi connectivity index (χ1) is 9.22. The minimum Gasteiger partial charge on any atom is -0.376 e. The Morgan fingerprint density at radius 2 is 2.11 bits per heavy atom. The van der Waals surface area contributed by atoms with E-state index < -0.39 is 0 Å². The minimum atomic E-state index is -0.0892. The number of hydrogen-bond acceptors (Lipinski definition) is 3. The lowest BCUT2D eigenvalue weighted by atomic mass is 10.1. The molecule has 1 aromatic carbocycles. The Morgan fingerprint density at radius 1 is 1.32 bits per heavy atom. The lowest BCUT2D eigenvalue weighted by Gasteiger charge is -2.15. The van der Waals surface area contributed by atoms with Crippen molar-refractivity contribution in [2.75, 3.05) is 6.61 Å². The molecule has 1 aliphatic heterocycles. The predicted octanol–water partition coefficient (Wildman–Crippen LogP) is 2.09. The summed E-state index contributed by atoms with van der Waals surface area (Å²) in [6.45, 7) is 0.989. The Labute approximate surface area is 115 Å². The lowest BCUT2D eigenvalue weighted by Crippen LogP contribution is -2.25. The molecule has 0 fully saturated rings. The summed E-state index contributed by atoms with van der Waals surface area (Å²) in [6.07, 6.45) is 1.30. The Balaban J connectivity index is 1.91. The fourth-order valence-electron chi connectivity index (χ4n) is 2.17. The van der Waals surface area contributed by atoms with E-state index in [9.17, 15) is 4.79 Å². The van der Waals surface area contributed by atoms with Gasteiger partial charge in [-0.05, 0) is 17.7 Å². The number of benzene rings is 1. The maximum Gasteiger partial charge on any atom is 0.256 e. The highest BCUT2D eigenvalue weighted by Crippen LogP contribution is 2.14. The highest BCUT2D eigenvalue weighted by molar-refractivity contribution is 6.30. The van der Waals surface area contributed by atoms with E-state index in [0.717, 1.165) is 11.3 Å². The van der Waals surface area contributed by atoms with Crippen molar-refractivity contribution in [1.29, 1.82) is 0 Å². The maximum atomic E-state index is 11.9. The van der Waals surface area contributed by atoms with Gasteiger partial charge in [0, 0.05) is 17.9 Å². The summed E-state index contributed by atoms with van der Waals surface area (Å²) in [5.74, 6) is 0.688. The molecule has 1 N–H and O–H groups in total. The number of nitrogens with zero attached hydrogens (tertiary/aromatic N) is 1. The third kappa shape index (κ3) is 2.69. The number of rotatable bonds is 2. The fourth-order valence-corrected chi connectivity index (χ4v) is 2.30. The number of H-pyrrole nitrogens is 1. The molecule has 1 aromatic heterocycles. The van der Waals surface area contributed by atoms with Crippen LogP contribution in [0.5, 0.6) is 0 Å². The van der Waals surface area contributed by atoms with Gasteiger partial charge in [0.1, 0.15) is 5.82 Å². The van der Waals surface area contributed by atoms with Crippen molar-refractivity contribution in [3.63, 3.8) is 0 Å². The number of aromatic amines is 1. The zero-order valence-corrected chi connectivity index (χ0v) is 11.0. The second-order valence-corrected chi connectivity index (χ2v) is 4.98. The molecule has 0 radical (unpaired) electrons. The van der Waals surface area contributed by atoms with Crippen molar-refractivity contribution in [3.8, 4) is 0 Å². The molecule has 0 unspecified atom stereocenters. The Kier molecular flexibility index (Phi) is 3.36. The van der Waals surface area contributed by atoms with E-state index in [1.165, 1.54) is 0 Å². The molecular formula is C14H13ClN2O2. The largest absolute Gasteiger partial charge is 0.376 e. The zero-order valence-electron chi connectivity index (χ0n) is 10.3. The van der Waals surface area contributed by atoms with E-state index >= 15 is 0 Å². The second-order valence-electron chi connectivity index (χ2n) is 4.54. The van der Waals surface area contributed by atoms with Crippen LogP contribution in [0.2, 0.25) is 5.02 Å². The quantitative estimate of drug-likeness (QED) is 0.914. The van der Waals surface area contributed by atoms with Crippen molar-refractivity contribution in [2.45, 2.75) is 19.4 Å². The number of halogens is 1. The second kappa shape index (κ2) is 5.15. The monoisotopic (exact) mass is 276 g/mol. The SMILES string of the molecule is O=c1[nH]c(Cc2ccc(Cl)cc2)nc2c1COCC2. The van der Waals surface area contributed by atoms with Crippen molar-refractivity contribution in [1.82, 2.24) is 9.97 Å². The summed E-state index contributed by atoms with van der Waals surface area (Å²) < 4.78 is 5.27. The lowest BCUT2D eigenvalue weighted by molar-refractivity contribution is 0.108. The molecule has 0 bridgehead atoms. The highest BCUT2D eigenvalue weighted by atomic mass is 35.5. The molecule has 0 saturated carbocycles. The molecule has 0 aliphatic carbocycles. The molecule has 0 saturated heterocycles.